The second kappa shape index (κ2) is 4.06. The maximum Gasteiger partial charge on any atom is 0.506 e. The van der Waals surface area contributed by atoms with Crippen molar-refractivity contribution < 1.29 is 24.5 Å². The minimum Gasteiger partial charge on any atom is -0.478 e. The Morgan fingerprint density at radius 2 is 2.00 bits per heavy atom. The molecule has 0 bridgehead atoms. The van der Waals surface area contributed by atoms with Crippen molar-refractivity contribution in [2.24, 2.45) is 0 Å². The summed E-state index contributed by atoms with van der Waals surface area (Å²) in [5.41, 5.74) is 0. The van der Waals surface area contributed by atoms with Gasteiger partial charge in [-0.15, -0.1) is 9.24 Å². The molecule has 0 aliphatic carbocycles. The monoisotopic (exact) mass is 166 g/mol. The van der Waals surface area contributed by atoms with E-state index in [0.29, 0.717) is 0 Å². The first kappa shape index (κ1) is 9.17. The molecule has 2 N–H and O–H groups in total. The van der Waals surface area contributed by atoms with Crippen molar-refractivity contribution in [3.8, 4) is 0 Å². The second-order valence-corrected chi connectivity index (χ2v) is 1.92. The lowest BCUT2D eigenvalue weighted by molar-refractivity contribution is -0.146. The summed E-state index contributed by atoms with van der Waals surface area (Å²) in [5, 5.41) is 16.2. The summed E-state index contributed by atoms with van der Waals surface area (Å²) in [6.07, 6.45) is -2.79. The molecular weight excluding hydrogens is 159 g/mol. The minimum atomic E-state index is -1.57. The van der Waals surface area contributed by atoms with E-state index in [4.69, 9.17) is 10.2 Å². The minimum absolute atomic E-state index is 0.0572. The van der Waals surface area contributed by atoms with E-state index in [1.807, 2.05) is 0 Å². The highest BCUT2D eigenvalue weighted by Gasteiger charge is 2.18. The summed E-state index contributed by atoms with van der Waals surface area (Å²) < 4.78 is 3.96. The molecule has 0 radical (unpaired) electrons. The third kappa shape index (κ3) is 3.25. The van der Waals surface area contributed by atoms with Gasteiger partial charge in [-0.2, -0.15) is 0 Å². The Balaban J connectivity index is 3.83. The van der Waals surface area contributed by atoms with Gasteiger partial charge >= 0.3 is 12.1 Å². The number of hydrogen-bond acceptors (Lipinski definition) is 3. The largest absolute Gasteiger partial charge is 0.506 e. The van der Waals surface area contributed by atoms with Gasteiger partial charge in [-0.05, 0) is 0 Å². The summed E-state index contributed by atoms with van der Waals surface area (Å²) in [5.74, 6) is -1.28. The average Bonchev–Trinajstić information content (AvgIpc) is 1.81. The van der Waals surface area contributed by atoms with Crippen molar-refractivity contribution in [2.75, 3.05) is 6.16 Å². The van der Waals surface area contributed by atoms with Gasteiger partial charge in [0.05, 0.1) is 0 Å². The molecule has 0 rings (SSSR count). The molecule has 0 aromatic heterocycles. The van der Waals surface area contributed by atoms with Crippen LogP contribution in [0.1, 0.15) is 0 Å². The summed E-state index contributed by atoms with van der Waals surface area (Å²) in [4.78, 5) is 19.8. The fourth-order valence-electron chi connectivity index (χ4n) is 0.321. The van der Waals surface area contributed by atoms with E-state index in [0.717, 1.165) is 0 Å². The molecule has 0 spiro atoms. The van der Waals surface area contributed by atoms with Crippen molar-refractivity contribution in [3.63, 3.8) is 0 Å². The lowest BCUT2D eigenvalue weighted by Gasteiger charge is -2.06. The topological polar surface area (TPSA) is 83.8 Å². The van der Waals surface area contributed by atoms with Gasteiger partial charge in [-0.1, -0.05) is 0 Å². The Labute approximate surface area is 59.2 Å². The summed E-state index contributed by atoms with van der Waals surface area (Å²) >= 11 is 0. The van der Waals surface area contributed by atoms with Gasteiger partial charge < -0.3 is 14.9 Å². The molecule has 0 aliphatic rings. The first-order chi connectivity index (χ1) is 4.57. The number of rotatable bonds is 3. The Hall–Kier alpha value is -0.830. The number of aliphatic carboxylic acids is 1. The van der Waals surface area contributed by atoms with Gasteiger partial charge in [-0.3, -0.25) is 0 Å². The SMILES string of the molecule is O=C(O)OC(CP)C(=O)O. The lowest BCUT2D eigenvalue weighted by atomic mass is 10.4. The smallest absolute Gasteiger partial charge is 0.478 e. The van der Waals surface area contributed by atoms with E-state index < -0.39 is 18.2 Å². The van der Waals surface area contributed by atoms with Crippen LogP contribution in [0.5, 0.6) is 0 Å². The molecule has 0 aromatic rings. The molecule has 0 saturated heterocycles. The Morgan fingerprint density at radius 3 is 2.10 bits per heavy atom. The Morgan fingerprint density at radius 1 is 1.50 bits per heavy atom. The van der Waals surface area contributed by atoms with Crippen LogP contribution < -0.4 is 0 Å². The van der Waals surface area contributed by atoms with Gasteiger partial charge in [-0.25, -0.2) is 9.59 Å². The van der Waals surface area contributed by atoms with Crippen LogP contribution in [0.4, 0.5) is 4.79 Å². The van der Waals surface area contributed by atoms with Gasteiger partial charge in [0.1, 0.15) is 0 Å². The van der Waals surface area contributed by atoms with E-state index in [2.05, 4.69) is 14.0 Å². The van der Waals surface area contributed by atoms with Gasteiger partial charge in [0.15, 0.2) is 0 Å². The summed E-state index contributed by atoms with van der Waals surface area (Å²) in [6, 6.07) is 0. The second-order valence-electron chi connectivity index (χ2n) is 1.45. The third-order valence-electron chi connectivity index (χ3n) is 0.733. The first-order valence-electron chi connectivity index (χ1n) is 2.40. The maximum atomic E-state index is 10.1. The molecule has 6 heteroatoms. The van der Waals surface area contributed by atoms with E-state index >= 15 is 0 Å². The molecule has 0 aromatic carbocycles. The zero-order valence-corrected chi connectivity index (χ0v) is 6.14. The Kier molecular flexibility index (Phi) is 3.72. The molecule has 0 saturated carbocycles. The van der Waals surface area contributed by atoms with Crippen LogP contribution in [0.2, 0.25) is 0 Å². The standard InChI is InChI=1S/C4H7O5P/c5-3(6)2(1-10)9-4(7)8/h2H,1,10H2,(H,5,6)(H,7,8). The molecule has 0 amide bonds. The number of ether oxygens (including phenoxy) is 1. The lowest BCUT2D eigenvalue weighted by Crippen LogP contribution is -2.27. The molecule has 0 aliphatic heterocycles. The predicted molar refractivity (Wildman–Crippen MR) is 35.1 cm³/mol. The molecule has 2 unspecified atom stereocenters. The first-order valence-corrected chi connectivity index (χ1v) is 3.22. The van der Waals surface area contributed by atoms with E-state index in [1.54, 1.807) is 0 Å². The van der Waals surface area contributed by atoms with Crippen LogP contribution in [0.15, 0.2) is 0 Å². The predicted octanol–water partition coefficient (Wildman–Crippen LogP) is 0.00930. The highest BCUT2D eigenvalue weighted by atomic mass is 31.0. The molecule has 5 nitrogen and oxygen atoms in total. The van der Waals surface area contributed by atoms with Crippen molar-refractivity contribution in [1.29, 1.82) is 0 Å². The Bertz CT molecular complexity index is 145. The van der Waals surface area contributed by atoms with Gasteiger partial charge in [0.2, 0.25) is 6.10 Å². The highest BCUT2D eigenvalue weighted by molar-refractivity contribution is 7.16. The number of carboxylic acid groups (broad SMARTS) is 2. The molecule has 58 valence electrons. The summed E-state index contributed by atoms with van der Waals surface area (Å²) in [6.45, 7) is 0. The van der Waals surface area contributed by atoms with Crippen molar-refractivity contribution in [3.05, 3.63) is 0 Å². The molecule has 0 fully saturated rings. The van der Waals surface area contributed by atoms with Crippen LogP contribution in [0.3, 0.4) is 0 Å². The molecular formula is C4H7O5P. The highest BCUT2D eigenvalue weighted by Crippen LogP contribution is 1.97. The quantitative estimate of drug-likeness (QED) is 0.455. The van der Waals surface area contributed by atoms with Crippen molar-refractivity contribution >= 4 is 21.4 Å². The fraction of sp³-hybridized carbons (Fsp3) is 0.500. The van der Waals surface area contributed by atoms with Crippen LogP contribution in [-0.2, 0) is 9.53 Å². The van der Waals surface area contributed by atoms with Gasteiger partial charge in [0.25, 0.3) is 0 Å². The molecule has 0 heterocycles. The molecule has 10 heavy (non-hydrogen) atoms. The normalized spacial score (nSPS) is 12.1. The number of carbonyl (C=O) groups is 2. The number of carboxylic acids is 1. The van der Waals surface area contributed by atoms with Crippen molar-refractivity contribution in [1.82, 2.24) is 0 Å². The fourth-order valence-corrected chi connectivity index (χ4v) is 0.619. The van der Waals surface area contributed by atoms with Gasteiger partial charge in [0, 0.05) is 6.16 Å². The van der Waals surface area contributed by atoms with E-state index in [1.165, 1.54) is 0 Å². The van der Waals surface area contributed by atoms with Crippen molar-refractivity contribution in [2.45, 2.75) is 6.10 Å². The van der Waals surface area contributed by atoms with Crippen LogP contribution >= 0.6 is 9.24 Å². The maximum absolute atomic E-state index is 10.1. The zero-order valence-electron chi connectivity index (χ0n) is 4.98. The van der Waals surface area contributed by atoms with E-state index in [9.17, 15) is 9.59 Å². The van der Waals surface area contributed by atoms with Crippen LogP contribution in [0, 0.1) is 0 Å². The average molecular weight is 166 g/mol. The third-order valence-corrected chi connectivity index (χ3v) is 1.16. The van der Waals surface area contributed by atoms with E-state index in [-0.39, 0.29) is 6.16 Å². The summed E-state index contributed by atoms with van der Waals surface area (Å²) in [7, 11) is 2.08. The zero-order chi connectivity index (χ0) is 8.15. The van der Waals surface area contributed by atoms with Crippen LogP contribution in [0.25, 0.3) is 0 Å². The molecule has 2 atom stereocenters. The van der Waals surface area contributed by atoms with Crippen LogP contribution in [-0.4, -0.2) is 34.6 Å². The number of hydrogen-bond donors (Lipinski definition) is 2.